The van der Waals surface area contributed by atoms with E-state index in [0.29, 0.717) is 6.54 Å². The zero-order chi connectivity index (χ0) is 16.9. The third-order valence-corrected chi connectivity index (χ3v) is 5.58. The molecule has 0 aromatic heterocycles. The third kappa shape index (κ3) is 4.52. The van der Waals surface area contributed by atoms with Crippen molar-refractivity contribution in [1.82, 2.24) is 5.32 Å². The molecule has 1 aliphatic rings. The maximum absolute atomic E-state index is 12.8. The highest BCUT2D eigenvalue weighted by molar-refractivity contribution is 7.99. The Labute approximate surface area is 150 Å². The molecule has 2 nitrogen and oxygen atoms in total. The molecule has 2 atom stereocenters. The van der Waals surface area contributed by atoms with Gasteiger partial charge in [0.05, 0.1) is 0 Å². The minimum Gasteiger partial charge on any atom is -0.356 e. The van der Waals surface area contributed by atoms with E-state index in [9.17, 15) is 9.18 Å². The fourth-order valence-corrected chi connectivity index (χ4v) is 3.87. The zero-order valence-electron chi connectivity index (χ0n) is 13.2. The normalized spacial score (nSPS) is 19.1. The van der Waals surface area contributed by atoms with E-state index in [0.717, 1.165) is 34.1 Å². The van der Waals surface area contributed by atoms with Crippen molar-refractivity contribution in [3.63, 3.8) is 0 Å². The van der Waals surface area contributed by atoms with Gasteiger partial charge >= 0.3 is 0 Å². The van der Waals surface area contributed by atoms with Crippen LogP contribution < -0.4 is 5.32 Å². The highest BCUT2D eigenvalue weighted by Crippen LogP contribution is 2.49. The van der Waals surface area contributed by atoms with Crippen LogP contribution >= 0.6 is 23.4 Å². The number of amides is 1. The molecule has 0 spiro atoms. The summed E-state index contributed by atoms with van der Waals surface area (Å²) in [5, 5.41) is 3.75. The average molecular weight is 364 g/mol. The van der Waals surface area contributed by atoms with Crippen LogP contribution in [0.15, 0.2) is 53.4 Å². The number of carbonyl (C=O) groups is 1. The van der Waals surface area contributed by atoms with Gasteiger partial charge in [0.2, 0.25) is 5.91 Å². The summed E-state index contributed by atoms with van der Waals surface area (Å²) in [6.45, 7) is 0.665. The van der Waals surface area contributed by atoms with Crippen LogP contribution in [0.25, 0.3) is 0 Å². The van der Waals surface area contributed by atoms with Gasteiger partial charge in [-0.2, -0.15) is 0 Å². The lowest BCUT2D eigenvalue weighted by Gasteiger charge is -2.06. The summed E-state index contributed by atoms with van der Waals surface area (Å²) in [5.41, 5.74) is 1.08. The number of hydrogen-bond donors (Lipinski definition) is 1. The van der Waals surface area contributed by atoms with Crippen molar-refractivity contribution in [2.45, 2.75) is 23.7 Å². The SMILES string of the molecule is O=C(NCCCSc1ccc(F)cc1)C1CC1c1ccccc1Cl. The van der Waals surface area contributed by atoms with Crippen LogP contribution in [0.3, 0.4) is 0 Å². The van der Waals surface area contributed by atoms with Crippen molar-refractivity contribution < 1.29 is 9.18 Å². The van der Waals surface area contributed by atoms with E-state index in [2.05, 4.69) is 5.32 Å². The Hall–Kier alpha value is -1.52. The van der Waals surface area contributed by atoms with Gasteiger partial charge in [-0.3, -0.25) is 4.79 Å². The highest BCUT2D eigenvalue weighted by Gasteiger charge is 2.44. The summed E-state index contributed by atoms with van der Waals surface area (Å²) >= 11 is 7.85. The topological polar surface area (TPSA) is 29.1 Å². The maximum atomic E-state index is 12.8. The van der Waals surface area contributed by atoms with Crippen LogP contribution in [0.5, 0.6) is 0 Å². The zero-order valence-corrected chi connectivity index (χ0v) is 14.7. The summed E-state index contributed by atoms with van der Waals surface area (Å²) in [7, 11) is 0. The van der Waals surface area contributed by atoms with Crippen molar-refractivity contribution >= 4 is 29.3 Å². The fourth-order valence-electron chi connectivity index (χ4n) is 2.74. The molecule has 126 valence electrons. The van der Waals surface area contributed by atoms with Gasteiger partial charge in [0.25, 0.3) is 0 Å². The molecule has 5 heteroatoms. The van der Waals surface area contributed by atoms with E-state index >= 15 is 0 Å². The van der Waals surface area contributed by atoms with Crippen LogP contribution in [-0.2, 0) is 4.79 Å². The van der Waals surface area contributed by atoms with Gasteiger partial charge in [-0.25, -0.2) is 4.39 Å². The Kier molecular flexibility index (Phi) is 5.80. The molecule has 2 aromatic carbocycles. The molecule has 0 aliphatic heterocycles. The Morgan fingerprint density at radius 2 is 1.96 bits per heavy atom. The minimum absolute atomic E-state index is 0.0506. The minimum atomic E-state index is -0.218. The monoisotopic (exact) mass is 363 g/mol. The van der Waals surface area contributed by atoms with E-state index in [1.54, 1.807) is 23.9 Å². The Bertz CT molecular complexity index is 707. The van der Waals surface area contributed by atoms with Gasteiger partial charge in [0.1, 0.15) is 5.82 Å². The highest BCUT2D eigenvalue weighted by atomic mass is 35.5. The van der Waals surface area contributed by atoms with Gasteiger partial charge in [-0.15, -0.1) is 11.8 Å². The van der Waals surface area contributed by atoms with Crippen LogP contribution in [0.4, 0.5) is 4.39 Å². The molecule has 3 rings (SSSR count). The average Bonchev–Trinajstić information content (AvgIpc) is 3.37. The molecular formula is C19H19ClFNOS. The smallest absolute Gasteiger partial charge is 0.223 e. The molecule has 0 radical (unpaired) electrons. The van der Waals surface area contributed by atoms with Gasteiger partial charge in [0, 0.05) is 22.4 Å². The van der Waals surface area contributed by atoms with E-state index in [-0.39, 0.29) is 23.6 Å². The molecule has 1 N–H and O–H groups in total. The fraction of sp³-hybridized carbons (Fsp3) is 0.316. The van der Waals surface area contributed by atoms with E-state index in [1.165, 1.54) is 12.1 Å². The predicted molar refractivity (Wildman–Crippen MR) is 97.1 cm³/mol. The standard InChI is InChI=1S/C19H19ClFNOS/c20-18-5-2-1-4-15(18)16-12-17(16)19(23)22-10-3-11-24-14-8-6-13(21)7-9-14/h1-2,4-9,16-17H,3,10-12H2,(H,22,23). The number of rotatable bonds is 7. The first-order chi connectivity index (χ1) is 11.6. The van der Waals surface area contributed by atoms with Gasteiger partial charge in [0.15, 0.2) is 0 Å². The third-order valence-electron chi connectivity index (χ3n) is 4.13. The van der Waals surface area contributed by atoms with E-state index < -0.39 is 0 Å². The molecule has 2 unspecified atom stereocenters. The molecule has 24 heavy (non-hydrogen) atoms. The molecule has 0 saturated heterocycles. The van der Waals surface area contributed by atoms with Crippen LogP contribution in [0.1, 0.15) is 24.3 Å². The number of thioether (sulfide) groups is 1. The first-order valence-electron chi connectivity index (χ1n) is 8.05. The molecule has 2 aromatic rings. The first-order valence-corrected chi connectivity index (χ1v) is 9.42. The summed E-state index contributed by atoms with van der Waals surface area (Å²) in [6.07, 6.45) is 1.76. The molecule has 1 amide bonds. The number of benzene rings is 2. The van der Waals surface area contributed by atoms with Crippen LogP contribution in [-0.4, -0.2) is 18.2 Å². The first kappa shape index (κ1) is 17.3. The molecule has 0 heterocycles. The van der Waals surface area contributed by atoms with Gasteiger partial charge in [-0.1, -0.05) is 29.8 Å². The number of nitrogens with one attached hydrogen (secondary N) is 1. The van der Waals surface area contributed by atoms with Crippen molar-refractivity contribution in [2.75, 3.05) is 12.3 Å². The molecular weight excluding hydrogens is 345 g/mol. The lowest BCUT2D eigenvalue weighted by molar-refractivity contribution is -0.122. The van der Waals surface area contributed by atoms with Gasteiger partial charge < -0.3 is 5.32 Å². The quantitative estimate of drug-likeness (QED) is 0.561. The summed E-state index contributed by atoms with van der Waals surface area (Å²) in [6, 6.07) is 14.2. The number of carbonyl (C=O) groups excluding carboxylic acids is 1. The van der Waals surface area contributed by atoms with Crippen molar-refractivity contribution in [3.05, 3.63) is 64.9 Å². The molecule has 0 bridgehead atoms. The van der Waals surface area contributed by atoms with Crippen LogP contribution in [0.2, 0.25) is 5.02 Å². The molecule has 1 saturated carbocycles. The lowest BCUT2D eigenvalue weighted by Crippen LogP contribution is -2.26. The second-order valence-electron chi connectivity index (χ2n) is 5.92. The molecule has 1 aliphatic carbocycles. The lowest BCUT2D eigenvalue weighted by atomic mass is 10.1. The summed E-state index contributed by atoms with van der Waals surface area (Å²) in [4.78, 5) is 13.2. The summed E-state index contributed by atoms with van der Waals surface area (Å²) in [5.74, 6) is 1.10. The van der Waals surface area contributed by atoms with Gasteiger partial charge in [-0.05, 0) is 60.4 Å². The number of halogens is 2. The predicted octanol–water partition coefficient (Wildman–Crippen LogP) is 4.88. The van der Waals surface area contributed by atoms with Crippen molar-refractivity contribution in [1.29, 1.82) is 0 Å². The molecule has 1 fully saturated rings. The maximum Gasteiger partial charge on any atom is 0.223 e. The second kappa shape index (κ2) is 8.04. The van der Waals surface area contributed by atoms with E-state index in [1.807, 2.05) is 24.3 Å². The second-order valence-corrected chi connectivity index (χ2v) is 7.49. The van der Waals surface area contributed by atoms with Crippen molar-refractivity contribution in [2.24, 2.45) is 5.92 Å². The number of hydrogen-bond acceptors (Lipinski definition) is 2. The Morgan fingerprint density at radius 3 is 2.71 bits per heavy atom. The Morgan fingerprint density at radius 1 is 1.21 bits per heavy atom. The van der Waals surface area contributed by atoms with Crippen LogP contribution in [0, 0.1) is 11.7 Å². The largest absolute Gasteiger partial charge is 0.356 e. The van der Waals surface area contributed by atoms with E-state index in [4.69, 9.17) is 11.6 Å². The van der Waals surface area contributed by atoms with Crippen molar-refractivity contribution in [3.8, 4) is 0 Å². The summed E-state index contributed by atoms with van der Waals surface area (Å²) < 4.78 is 12.8. The Balaban J connectivity index is 1.35.